The molecule has 0 N–H and O–H groups in total. The number of piperidine rings is 1. The predicted molar refractivity (Wildman–Crippen MR) is 132 cm³/mol. The number of rotatable bonds is 5. The number of hydrogen-bond donors (Lipinski definition) is 0. The van der Waals surface area contributed by atoms with Crippen LogP contribution in [0.1, 0.15) is 44.2 Å². The van der Waals surface area contributed by atoms with E-state index in [4.69, 9.17) is 0 Å². The second-order valence-corrected chi connectivity index (χ2v) is 9.77. The smallest absolute Gasteiger partial charge is 0.236 e. The highest BCUT2D eigenvalue weighted by Gasteiger charge is 2.30. The number of amides is 1. The van der Waals surface area contributed by atoms with Crippen molar-refractivity contribution < 1.29 is 4.79 Å². The summed E-state index contributed by atoms with van der Waals surface area (Å²) in [7, 11) is 1.79. The van der Waals surface area contributed by atoms with Gasteiger partial charge in [-0.3, -0.25) is 24.6 Å². The van der Waals surface area contributed by atoms with Gasteiger partial charge in [0.05, 0.1) is 12.1 Å². The number of nitrogens with zero attached hydrogens (tertiary/aromatic N) is 5. The van der Waals surface area contributed by atoms with Gasteiger partial charge in [0.25, 0.3) is 0 Å². The number of pyridine rings is 1. The lowest BCUT2D eigenvalue weighted by Gasteiger charge is -2.40. The van der Waals surface area contributed by atoms with Crippen LogP contribution in [0.15, 0.2) is 35.5 Å². The second kappa shape index (κ2) is 10.1. The van der Waals surface area contributed by atoms with Crippen molar-refractivity contribution >= 4 is 23.0 Å². The number of carbonyl (C=O) groups excluding carboxylic acids is 1. The van der Waals surface area contributed by atoms with Gasteiger partial charge in [-0.2, -0.15) is 0 Å². The Morgan fingerprint density at radius 3 is 2.69 bits per heavy atom. The van der Waals surface area contributed by atoms with Crippen LogP contribution in [0.2, 0.25) is 0 Å². The van der Waals surface area contributed by atoms with Crippen molar-refractivity contribution in [2.75, 3.05) is 52.9 Å². The maximum atomic E-state index is 13.1. The van der Waals surface area contributed by atoms with E-state index in [1.807, 2.05) is 18.5 Å². The Bertz CT molecular complexity index is 964. The van der Waals surface area contributed by atoms with Crippen LogP contribution < -0.4 is 0 Å². The number of carbonyl (C=O) groups is 1. The molecule has 6 nitrogen and oxygen atoms in total. The van der Waals surface area contributed by atoms with Crippen molar-refractivity contribution in [3.63, 3.8) is 0 Å². The highest BCUT2D eigenvalue weighted by molar-refractivity contribution is 5.99. The van der Waals surface area contributed by atoms with E-state index in [1.54, 1.807) is 7.05 Å². The van der Waals surface area contributed by atoms with Gasteiger partial charge in [0.1, 0.15) is 0 Å². The van der Waals surface area contributed by atoms with E-state index in [2.05, 4.69) is 63.6 Å². The summed E-state index contributed by atoms with van der Waals surface area (Å²) in [6.07, 6.45) is 4.88. The molecule has 0 aliphatic carbocycles. The van der Waals surface area contributed by atoms with Crippen LogP contribution in [-0.4, -0.2) is 90.7 Å². The Morgan fingerprint density at radius 1 is 1.19 bits per heavy atom. The Hall–Kier alpha value is -2.31. The number of piperazine rings is 1. The zero-order valence-electron chi connectivity index (χ0n) is 20.0. The standard InChI is InChI=1S/C26H37N5O/c1-19(2)30-10-12-31(13-11-30)25(32)18-29-16-20(3)14-22(17-29)23-8-7-21(15-27-4)26-24(23)6-5-9-28-26/h5-9,15,19-20,22H,10-14,16-18H2,1-4H3/t20-,22-/m1/s1. The molecule has 2 aliphatic rings. The molecule has 1 aromatic heterocycles. The summed E-state index contributed by atoms with van der Waals surface area (Å²) in [4.78, 5) is 28.8. The zero-order chi connectivity index (χ0) is 22.7. The Kier molecular flexibility index (Phi) is 7.21. The van der Waals surface area contributed by atoms with Gasteiger partial charge in [0.15, 0.2) is 0 Å². The number of likely N-dealkylation sites (tertiary alicyclic amines) is 1. The SMILES string of the molecule is CN=Cc1ccc([C@@H]2C[C@@H](C)CN(CC(=O)N3CCN(C(C)C)CC3)C2)c2cccnc12. The van der Waals surface area contributed by atoms with Gasteiger partial charge in [-0.15, -0.1) is 0 Å². The van der Waals surface area contributed by atoms with E-state index in [0.29, 0.717) is 24.4 Å². The molecule has 4 rings (SSSR count). The summed E-state index contributed by atoms with van der Waals surface area (Å²) in [6.45, 7) is 12.9. The first-order chi connectivity index (χ1) is 15.5. The number of hydrogen-bond acceptors (Lipinski definition) is 5. The Balaban J connectivity index is 1.47. The lowest BCUT2D eigenvalue weighted by molar-refractivity contribution is -0.134. The second-order valence-electron chi connectivity index (χ2n) is 9.77. The number of fused-ring (bicyclic) bond motifs is 1. The third-order valence-electron chi connectivity index (χ3n) is 7.03. The molecular formula is C26H37N5O. The third-order valence-corrected chi connectivity index (χ3v) is 7.03. The fourth-order valence-electron chi connectivity index (χ4n) is 5.41. The van der Waals surface area contributed by atoms with Crippen LogP contribution in [0, 0.1) is 5.92 Å². The van der Waals surface area contributed by atoms with Crippen LogP contribution in [0.3, 0.4) is 0 Å². The predicted octanol–water partition coefficient (Wildman–Crippen LogP) is 3.26. The van der Waals surface area contributed by atoms with E-state index in [0.717, 1.165) is 56.8 Å². The maximum Gasteiger partial charge on any atom is 0.236 e. The molecule has 172 valence electrons. The largest absolute Gasteiger partial charge is 0.339 e. The van der Waals surface area contributed by atoms with Crippen LogP contribution in [0.25, 0.3) is 10.9 Å². The zero-order valence-corrected chi connectivity index (χ0v) is 20.0. The average molecular weight is 436 g/mol. The normalized spacial score (nSPS) is 23.5. The first kappa shape index (κ1) is 22.9. The molecule has 0 bridgehead atoms. The summed E-state index contributed by atoms with van der Waals surface area (Å²) >= 11 is 0. The molecule has 2 aliphatic heterocycles. The van der Waals surface area contributed by atoms with Gasteiger partial charge >= 0.3 is 0 Å². The Morgan fingerprint density at radius 2 is 1.97 bits per heavy atom. The first-order valence-electron chi connectivity index (χ1n) is 12.0. The minimum Gasteiger partial charge on any atom is -0.339 e. The van der Waals surface area contributed by atoms with Crippen molar-refractivity contribution in [2.24, 2.45) is 10.9 Å². The van der Waals surface area contributed by atoms with E-state index >= 15 is 0 Å². The van der Waals surface area contributed by atoms with E-state index in [1.165, 1.54) is 10.9 Å². The summed E-state index contributed by atoms with van der Waals surface area (Å²) in [5.41, 5.74) is 3.42. The van der Waals surface area contributed by atoms with Crippen molar-refractivity contribution in [2.45, 2.75) is 39.2 Å². The minimum absolute atomic E-state index is 0.280. The summed E-state index contributed by atoms with van der Waals surface area (Å²) in [5, 5.41) is 1.21. The van der Waals surface area contributed by atoms with Crippen LogP contribution in [-0.2, 0) is 4.79 Å². The highest BCUT2D eigenvalue weighted by atomic mass is 16.2. The van der Waals surface area contributed by atoms with Crippen molar-refractivity contribution in [1.29, 1.82) is 0 Å². The molecule has 0 spiro atoms. The van der Waals surface area contributed by atoms with Crippen molar-refractivity contribution in [3.8, 4) is 0 Å². The fourth-order valence-corrected chi connectivity index (χ4v) is 5.41. The van der Waals surface area contributed by atoms with Gasteiger partial charge in [-0.25, -0.2) is 0 Å². The molecule has 2 saturated heterocycles. The van der Waals surface area contributed by atoms with Crippen molar-refractivity contribution in [1.82, 2.24) is 19.7 Å². The van der Waals surface area contributed by atoms with E-state index in [9.17, 15) is 4.79 Å². The summed E-state index contributed by atoms with van der Waals surface area (Å²) in [5.74, 6) is 1.24. The molecule has 1 aromatic carbocycles. The number of benzene rings is 1. The van der Waals surface area contributed by atoms with Crippen LogP contribution >= 0.6 is 0 Å². The molecule has 2 atom stereocenters. The maximum absolute atomic E-state index is 13.1. The number of aliphatic imine (C=N–C) groups is 1. The molecule has 0 unspecified atom stereocenters. The fraction of sp³-hybridized carbons (Fsp3) is 0.577. The molecular weight excluding hydrogens is 398 g/mol. The monoisotopic (exact) mass is 435 g/mol. The molecule has 32 heavy (non-hydrogen) atoms. The minimum atomic E-state index is 0.280. The van der Waals surface area contributed by atoms with Crippen molar-refractivity contribution in [3.05, 3.63) is 41.6 Å². The van der Waals surface area contributed by atoms with E-state index < -0.39 is 0 Å². The molecule has 3 heterocycles. The molecule has 1 amide bonds. The van der Waals surface area contributed by atoms with E-state index in [-0.39, 0.29) is 5.91 Å². The molecule has 0 saturated carbocycles. The van der Waals surface area contributed by atoms with Gasteiger partial charge < -0.3 is 4.90 Å². The first-order valence-corrected chi connectivity index (χ1v) is 12.0. The average Bonchev–Trinajstić information content (AvgIpc) is 2.79. The lowest BCUT2D eigenvalue weighted by atomic mass is 9.83. The van der Waals surface area contributed by atoms with Gasteiger partial charge in [0.2, 0.25) is 5.91 Å². The summed E-state index contributed by atoms with van der Waals surface area (Å²) in [6, 6.07) is 9.13. The molecule has 2 aromatic rings. The number of aromatic nitrogens is 1. The molecule has 2 fully saturated rings. The highest BCUT2D eigenvalue weighted by Crippen LogP contribution is 2.34. The quantitative estimate of drug-likeness (QED) is 0.677. The molecule has 6 heteroatoms. The van der Waals surface area contributed by atoms with Crippen LogP contribution in [0.5, 0.6) is 0 Å². The van der Waals surface area contributed by atoms with Crippen LogP contribution in [0.4, 0.5) is 0 Å². The Labute approximate surface area is 192 Å². The lowest BCUT2D eigenvalue weighted by Crippen LogP contribution is -2.53. The van der Waals surface area contributed by atoms with Gasteiger partial charge in [-0.05, 0) is 43.7 Å². The third kappa shape index (κ3) is 5.02. The molecule has 0 radical (unpaired) electrons. The van der Waals surface area contributed by atoms with Gasteiger partial charge in [0, 0.05) is 75.7 Å². The van der Waals surface area contributed by atoms with Gasteiger partial charge in [-0.1, -0.05) is 25.1 Å². The topological polar surface area (TPSA) is 52.0 Å². The summed E-state index contributed by atoms with van der Waals surface area (Å²) < 4.78 is 0.